The Bertz CT molecular complexity index is 2140. The van der Waals surface area contributed by atoms with E-state index >= 15 is 0 Å². The molecule has 2 aromatic heterocycles. The van der Waals surface area contributed by atoms with Crippen LogP contribution in [0.25, 0.3) is 70.9 Å². The molecule has 8 aromatic rings. The molecule has 0 aliphatic carbocycles. The highest BCUT2D eigenvalue weighted by Crippen LogP contribution is 2.44. The maximum atomic E-state index is 4.69. The quantitative estimate of drug-likeness (QED) is 0.230. The molecule has 0 aliphatic rings. The van der Waals surface area contributed by atoms with Crippen LogP contribution >= 0.6 is 0 Å². The molecule has 0 aliphatic heterocycles. The highest BCUT2D eigenvalue weighted by atomic mass is 15.0. The lowest BCUT2D eigenvalue weighted by atomic mass is 9.93. The van der Waals surface area contributed by atoms with Crippen LogP contribution in [0.3, 0.4) is 0 Å². The summed E-state index contributed by atoms with van der Waals surface area (Å²) in [6.07, 6.45) is 3.93. The van der Waals surface area contributed by atoms with Crippen molar-refractivity contribution in [1.82, 2.24) is 9.55 Å². The first-order valence-corrected chi connectivity index (χ1v) is 12.6. The predicted octanol–water partition coefficient (Wildman–Crippen LogP) is 9.31. The topological polar surface area (TPSA) is 17.8 Å². The lowest BCUT2D eigenvalue weighted by Crippen LogP contribution is -1.96. The molecule has 0 radical (unpaired) electrons. The second-order valence-corrected chi connectivity index (χ2v) is 9.63. The number of aromatic nitrogens is 2. The summed E-state index contributed by atoms with van der Waals surface area (Å²) in [5.41, 5.74) is 5.76. The standard InChI is InChI=1S/C35H22N2/c1-2-10-23(11-3-1)25-20-26(22-36-21-25)37-32-17-9-8-16-30(32)34-31-19-18-24-12-4-5-13-27(24)33(31)28-14-6-7-15-29(28)35(34)37/h1-22H. The molecule has 0 fully saturated rings. The summed E-state index contributed by atoms with van der Waals surface area (Å²) in [7, 11) is 0. The van der Waals surface area contributed by atoms with Crippen molar-refractivity contribution in [3.8, 4) is 16.8 Å². The van der Waals surface area contributed by atoms with E-state index in [1.165, 1.54) is 59.7 Å². The maximum Gasteiger partial charge on any atom is 0.0651 e. The Hall–Kier alpha value is -4.95. The third-order valence-electron chi connectivity index (χ3n) is 7.61. The first-order valence-electron chi connectivity index (χ1n) is 12.6. The highest BCUT2D eigenvalue weighted by Gasteiger charge is 2.20. The van der Waals surface area contributed by atoms with Crippen molar-refractivity contribution < 1.29 is 0 Å². The van der Waals surface area contributed by atoms with Crippen LogP contribution in [0.15, 0.2) is 134 Å². The average molecular weight is 471 g/mol. The largest absolute Gasteiger partial charge is 0.307 e. The highest BCUT2D eigenvalue weighted by molar-refractivity contribution is 6.36. The Morgan fingerprint density at radius 3 is 2.03 bits per heavy atom. The third kappa shape index (κ3) is 2.90. The van der Waals surface area contributed by atoms with Crippen molar-refractivity contribution in [2.24, 2.45) is 0 Å². The molecular weight excluding hydrogens is 448 g/mol. The maximum absolute atomic E-state index is 4.69. The molecule has 2 nitrogen and oxygen atoms in total. The van der Waals surface area contributed by atoms with E-state index in [0.717, 1.165) is 11.3 Å². The van der Waals surface area contributed by atoms with E-state index in [0.29, 0.717) is 0 Å². The molecule has 0 N–H and O–H groups in total. The van der Waals surface area contributed by atoms with Gasteiger partial charge in [0.2, 0.25) is 0 Å². The van der Waals surface area contributed by atoms with Crippen molar-refractivity contribution in [2.75, 3.05) is 0 Å². The Labute approximate surface area is 214 Å². The van der Waals surface area contributed by atoms with Crippen molar-refractivity contribution in [3.63, 3.8) is 0 Å². The molecule has 37 heavy (non-hydrogen) atoms. The lowest BCUT2D eigenvalue weighted by molar-refractivity contribution is 1.15. The Morgan fingerprint density at radius 1 is 0.459 bits per heavy atom. The van der Waals surface area contributed by atoms with E-state index in [1.54, 1.807) is 0 Å². The molecule has 0 bridgehead atoms. The van der Waals surface area contributed by atoms with Crippen LogP contribution in [0.4, 0.5) is 0 Å². The zero-order valence-electron chi connectivity index (χ0n) is 20.1. The van der Waals surface area contributed by atoms with Gasteiger partial charge in [-0.05, 0) is 44.6 Å². The van der Waals surface area contributed by atoms with E-state index in [4.69, 9.17) is 4.98 Å². The third-order valence-corrected chi connectivity index (χ3v) is 7.61. The number of fused-ring (bicyclic) bond motifs is 10. The van der Waals surface area contributed by atoms with Gasteiger partial charge in [0.15, 0.2) is 0 Å². The SMILES string of the molecule is c1ccc(-c2cncc(-n3c4ccccc4c4c5ccc6ccccc6c5c5ccccc5c43)c2)cc1. The molecular formula is C35H22N2. The molecule has 0 saturated heterocycles. The average Bonchev–Trinajstić information content (AvgIpc) is 3.33. The first kappa shape index (κ1) is 20.3. The summed E-state index contributed by atoms with van der Waals surface area (Å²) in [6.45, 7) is 0. The van der Waals surface area contributed by atoms with Crippen LogP contribution in [0.2, 0.25) is 0 Å². The van der Waals surface area contributed by atoms with Gasteiger partial charge in [-0.25, -0.2) is 0 Å². The molecule has 0 unspecified atom stereocenters. The van der Waals surface area contributed by atoms with Crippen LogP contribution in [0, 0.1) is 0 Å². The summed E-state index contributed by atoms with van der Waals surface area (Å²) < 4.78 is 2.40. The van der Waals surface area contributed by atoms with Gasteiger partial charge in [0.1, 0.15) is 0 Å². The van der Waals surface area contributed by atoms with E-state index in [2.05, 4.69) is 126 Å². The summed E-state index contributed by atoms with van der Waals surface area (Å²) in [4.78, 5) is 4.69. The van der Waals surface area contributed by atoms with Gasteiger partial charge in [0.25, 0.3) is 0 Å². The fraction of sp³-hybridized carbons (Fsp3) is 0. The number of benzene rings is 6. The zero-order chi connectivity index (χ0) is 24.3. The monoisotopic (exact) mass is 470 g/mol. The van der Waals surface area contributed by atoms with E-state index < -0.39 is 0 Å². The molecule has 0 spiro atoms. The summed E-state index contributed by atoms with van der Waals surface area (Å²) >= 11 is 0. The Balaban J connectivity index is 1.60. The normalized spacial score (nSPS) is 11.8. The molecule has 2 heterocycles. The van der Waals surface area contributed by atoms with Gasteiger partial charge >= 0.3 is 0 Å². The number of rotatable bonds is 2. The predicted molar refractivity (Wildman–Crippen MR) is 157 cm³/mol. The fourth-order valence-corrected chi connectivity index (χ4v) is 6.05. The Kier molecular flexibility index (Phi) is 4.26. The van der Waals surface area contributed by atoms with E-state index in [-0.39, 0.29) is 0 Å². The van der Waals surface area contributed by atoms with Gasteiger partial charge in [-0.1, -0.05) is 109 Å². The molecule has 0 atom stereocenters. The van der Waals surface area contributed by atoms with E-state index in [9.17, 15) is 0 Å². The minimum atomic E-state index is 1.07. The minimum Gasteiger partial charge on any atom is -0.307 e. The minimum absolute atomic E-state index is 1.07. The van der Waals surface area contributed by atoms with Crippen LogP contribution < -0.4 is 0 Å². The second-order valence-electron chi connectivity index (χ2n) is 9.63. The number of hydrogen-bond acceptors (Lipinski definition) is 1. The van der Waals surface area contributed by atoms with Gasteiger partial charge in [0, 0.05) is 27.9 Å². The smallest absolute Gasteiger partial charge is 0.0651 e. The van der Waals surface area contributed by atoms with Crippen LogP contribution in [0.1, 0.15) is 0 Å². The molecule has 6 aromatic carbocycles. The summed E-state index contributed by atoms with van der Waals surface area (Å²) in [5, 5.41) is 10.2. The van der Waals surface area contributed by atoms with Crippen LogP contribution in [-0.4, -0.2) is 9.55 Å². The van der Waals surface area contributed by atoms with Gasteiger partial charge in [-0.15, -0.1) is 0 Å². The van der Waals surface area contributed by atoms with Gasteiger partial charge in [0.05, 0.1) is 22.9 Å². The van der Waals surface area contributed by atoms with Crippen molar-refractivity contribution in [1.29, 1.82) is 0 Å². The van der Waals surface area contributed by atoms with Crippen molar-refractivity contribution in [2.45, 2.75) is 0 Å². The number of hydrogen-bond donors (Lipinski definition) is 0. The van der Waals surface area contributed by atoms with Gasteiger partial charge in [-0.2, -0.15) is 0 Å². The molecule has 8 rings (SSSR count). The van der Waals surface area contributed by atoms with Crippen LogP contribution in [0.5, 0.6) is 0 Å². The Morgan fingerprint density at radius 2 is 1.16 bits per heavy atom. The summed E-state index contributed by atoms with van der Waals surface area (Å²) in [5.74, 6) is 0. The van der Waals surface area contributed by atoms with E-state index in [1.807, 2.05) is 12.4 Å². The van der Waals surface area contributed by atoms with Crippen LogP contribution in [-0.2, 0) is 0 Å². The first-order chi connectivity index (χ1) is 18.4. The van der Waals surface area contributed by atoms with Gasteiger partial charge < -0.3 is 4.57 Å². The van der Waals surface area contributed by atoms with Gasteiger partial charge in [-0.3, -0.25) is 4.98 Å². The number of nitrogens with zero attached hydrogens (tertiary/aromatic N) is 2. The molecule has 2 heteroatoms. The van der Waals surface area contributed by atoms with Crippen molar-refractivity contribution in [3.05, 3.63) is 134 Å². The summed E-state index contributed by atoms with van der Waals surface area (Å²) in [6, 6.07) is 43.6. The number of pyridine rings is 1. The van der Waals surface area contributed by atoms with Crippen molar-refractivity contribution >= 4 is 54.1 Å². The lowest BCUT2D eigenvalue weighted by Gasteiger charge is -2.14. The zero-order valence-corrected chi connectivity index (χ0v) is 20.1. The number of para-hydroxylation sites is 1. The molecule has 0 saturated carbocycles. The molecule has 172 valence electrons. The second kappa shape index (κ2) is 7.78. The molecule has 0 amide bonds. The fourth-order valence-electron chi connectivity index (χ4n) is 6.05.